The zero-order valence-electron chi connectivity index (χ0n) is 12.4. The van der Waals surface area contributed by atoms with Gasteiger partial charge in [-0.3, -0.25) is 0 Å². The smallest absolute Gasteiger partial charge is 0.388 e. The van der Waals surface area contributed by atoms with Crippen LogP contribution in [0.4, 0.5) is 22.4 Å². The largest absolute Gasteiger partial charge is 0.417 e. The number of halogens is 4. The molecule has 1 atom stereocenters. The van der Waals surface area contributed by atoms with Crippen LogP contribution in [0.15, 0.2) is 18.3 Å². The predicted octanol–water partition coefficient (Wildman–Crippen LogP) is 3.06. The molecule has 1 aliphatic carbocycles. The molecule has 1 saturated carbocycles. The molecule has 23 heavy (non-hydrogen) atoms. The Morgan fingerprint density at radius 3 is 2.78 bits per heavy atom. The first-order chi connectivity index (χ1) is 10.7. The molecule has 0 spiro atoms. The SMILES string of the molecule is CC1(NC(=O)NCc2ccnc(OC(F)F)c2)CCC(F)(F)C1. The maximum absolute atomic E-state index is 13.2. The molecular weight excluding hydrogens is 318 g/mol. The van der Waals surface area contributed by atoms with E-state index in [-0.39, 0.29) is 25.3 Å². The Hall–Kier alpha value is -2.06. The minimum Gasteiger partial charge on any atom is -0.417 e. The predicted molar refractivity (Wildman–Crippen MR) is 73.4 cm³/mol. The molecule has 0 bridgehead atoms. The van der Waals surface area contributed by atoms with Crippen LogP contribution >= 0.6 is 0 Å². The van der Waals surface area contributed by atoms with Gasteiger partial charge in [-0.2, -0.15) is 8.78 Å². The van der Waals surface area contributed by atoms with E-state index in [0.29, 0.717) is 5.56 Å². The van der Waals surface area contributed by atoms with Gasteiger partial charge >= 0.3 is 12.6 Å². The molecule has 0 radical (unpaired) electrons. The summed E-state index contributed by atoms with van der Waals surface area (Å²) in [7, 11) is 0. The highest BCUT2D eigenvalue weighted by Gasteiger charge is 2.47. The second-order valence-corrected chi connectivity index (χ2v) is 5.78. The fourth-order valence-corrected chi connectivity index (χ4v) is 2.53. The van der Waals surface area contributed by atoms with E-state index in [1.165, 1.54) is 18.3 Å². The van der Waals surface area contributed by atoms with Crippen LogP contribution in [0.5, 0.6) is 5.88 Å². The standard InChI is InChI=1S/C14H17F4N3O2/c1-13(3-4-14(17,18)8-13)21-12(22)20-7-9-2-5-19-10(6-9)23-11(15)16/h2,5-6,11H,3-4,7-8H2,1H3,(H2,20,21,22). The molecule has 1 aliphatic rings. The molecule has 2 N–H and O–H groups in total. The van der Waals surface area contributed by atoms with Crippen molar-refractivity contribution in [3.05, 3.63) is 23.9 Å². The number of alkyl halides is 4. The number of carbonyl (C=O) groups is 1. The maximum atomic E-state index is 13.2. The molecule has 5 nitrogen and oxygen atoms in total. The summed E-state index contributed by atoms with van der Waals surface area (Å²) in [6, 6.07) is 2.18. The summed E-state index contributed by atoms with van der Waals surface area (Å²) in [5.41, 5.74) is -0.469. The second-order valence-electron chi connectivity index (χ2n) is 5.78. The zero-order chi connectivity index (χ0) is 17.1. The van der Waals surface area contributed by atoms with E-state index in [1.807, 2.05) is 0 Å². The minimum absolute atomic E-state index is 0.0282. The number of carbonyl (C=O) groups excluding carboxylic acids is 1. The summed E-state index contributed by atoms with van der Waals surface area (Å²) in [6.45, 7) is -1.40. The molecule has 1 aromatic heterocycles. The number of hydrogen-bond acceptors (Lipinski definition) is 3. The van der Waals surface area contributed by atoms with Crippen molar-refractivity contribution in [2.75, 3.05) is 0 Å². The quantitative estimate of drug-likeness (QED) is 0.813. The monoisotopic (exact) mass is 335 g/mol. The number of hydrogen-bond donors (Lipinski definition) is 2. The number of ether oxygens (including phenoxy) is 1. The highest BCUT2D eigenvalue weighted by molar-refractivity contribution is 5.74. The summed E-state index contributed by atoms with van der Waals surface area (Å²) in [4.78, 5) is 15.4. The lowest BCUT2D eigenvalue weighted by atomic mass is 10.0. The van der Waals surface area contributed by atoms with E-state index in [4.69, 9.17) is 0 Å². The number of rotatable bonds is 5. The number of nitrogens with one attached hydrogen (secondary N) is 2. The Bertz CT molecular complexity index is 571. The Morgan fingerprint density at radius 1 is 1.43 bits per heavy atom. The molecule has 128 valence electrons. The fraction of sp³-hybridized carbons (Fsp3) is 0.571. The third-order valence-electron chi connectivity index (χ3n) is 3.57. The number of urea groups is 1. The van der Waals surface area contributed by atoms with Crippen LogP contribution in [0.2, 0.25) is 0 Å². The van der Waals surface area contributed by atoms with Crippen molar-refractivity contribution in [2.45, 2.75) is 50.8 Å². The molecule has 1 aromatic rings. The first-order valence-electron chi connectivity index (χ1n) is 7.01. The molecule has 0 aromatic carbocycles. The van der Waals surface area contributed by atoms with Crippen molar-refractivity contribution < 1.29 is 27.1 Å². The van der Waals surface area contributed by atoms with Gasteiger partial charge in [0.05, 0.1) is 0 Å². The molecular formula is C14H17F4N3O2. The summed E-state index contributed by atoms with van der Waals surface area (Å²) in [5.74, 6) is -3.03. The van der Waals surface area contributed by atoms with Crippen molar-refractivity contribution in [3.63, 3.8) is 0 Å². The maximum Gasteiger partial charge on any atom is 0.388 e. The lowest BCUT2D eigenvalue weighted by Crippen LogP contribution is -2.49. The van der Waals surface area contributed by atoms with E-state index in [2.05, 4.69) is 20.4 Å². The van der Waals surface area contributed by atoms with Crippen LogP contribution in [0.3, 0.4) is 0 Å². The van der Waals surface area contributed by atoms with Crippen molar-refractivity contribution in [3.8, 4) is 5.88 Å². The number of aromatic nitrogens is 1. The molecule has 9 heteroatoms. The van der Waals surface area contributed by atoms with Gasteiger partial charge in [0.15, 0.2) is 0 Å². The molecule has 0 saturated heterocycles. The van der Waals surface area contributed by atoms with Crippen LogP contribution in [0.25, 0.3) is 0 Å². The van der Waals surface area contributed by atoms with E-state index in [0.717, 1.165) is 0 Å². The van der Waals surface area contributed by atoms with Gasteiger partial charge in [-0.05, 0) is 25.0 Å². The van der Waals surface area contributed by atoms with Crippen LogP contribution in [0.1, 0.15) is 31.7 Å². The normalized spacial score (nSPS) is 22.9. The van der Waals surface area contributed by atoms with Crippen molar-refractivity contribution in [1.29, 1.82) is 0 Å². The third kappa shape index (κ3) is 5.26. The van der Waals surface area contributed by atoms with E-state index in [9.17, 15) is 22.4 Å². The summed E-state index contributed by atoms with van der Waals surface area (Å²) in [5, 5.41) is 5.02. The first kappa shape index (κ1) is 17.3. The van der Waals surface area contributed by atoms with E-state index >= 15 is 0 Å². The molecule has 1 fully saturated rings. The highest BCUT2D eigenvalue weighted by Crippen LogP contribution is 2.41. The van der Waals surface area contributed by atoms with Crippen LogP contribution in [0, 0.1) is 0 Å². The van der Waals surface area contributed by atoms with Crippen molar-refractivity contribution >= 4 is 6.03 Å². The highest BCUT2D eigenvalue weighted by atomic mass is 19.3. The molecule has 1 unspecified atom stereocenters. The summed E-state index contributed by atoms with van der Waals surface area (Å²) in [6.07, 6.45) is 0.790. The topological polar surface area (TPSA) is 63.2 Å². The first-order valence-corrected chi connectivity index (χ1v) is 7.01. The van der Waals surface area contributed by atoms with E-state index in [1.54, 1.807) is 6.92 Å². The Kier molecular flexibility index (Phi) is 4.96. The van der Waals surface area contributed by atoms with Gasteiger partial charge in [-0.1, -0.05) is 0 Å². The number of nitrogens with zero attached hydrogens (tertiary/aromatic N) is 1. The molecule has 2 amide bonds. The van der Waals surface area contributed by atoms with Crippen molar-refractivity contribution in [2.24, 2.45) is 0 Å². The second kappa shape index (κ2) is 6.59. The van der Waals surface area contributed by atoms with Gasteiger partial charge in [0, 0.05) is 37.2 Å². The summed E-state index contributed by atoms with van der Waals surface area (Å²) < 4.78 is 54.8. The average molecular weight is 335 g/mol. The van der Waals surface area contributed by atoms with E-state index < -0.39 is 30.5 Å². The number of pyridine rings is 1. The van der Waals surface area contributed by atoms with Gasteiger partial charge in [0.25, 0.3) is 5.92 Å². The Morgan fingerprint density at radius 2 is 2.17 bits per heavy atom. The molecule has 1 heterocycles. The number of amides is 2. The van der Waals surface area contributed by atoms with Crippen LogP contribution in [-0.4, -0.2) is 29.1 Å². The molecule has 0 aliphatic heterocycles. The average Bonchev–Trinajstić information content (AvgIpc) is 2.70. The van der Waals surface area contributed by atoms with Gasteiger partial charge in [0.1, 0.15) is 0 Å². The van der Waals surface area contributed by atoms with Crippen LogP contribution < -0.4 is 15.4 Å². The van der Waals surface area contributed by atoms with Gasteiger partial charge < -0.3 is 15.4 Å². The lowest BCUT2D eigenvalue weighted by Gasteiger charge is -2.25. The lowest BCUT2D eigenvalue weighted by molar-refractivity contribution is -0.0529. The van der Waals surface area contributed by atoms with Gasteiger partial charge in [0.2, 0.25) is 5.88 Å². The summed E-state index contributed by atoms with van der Waals surface area (Å²) >= 11 is 0. The van der Waals surface area contributed by atoms with Gasteiger partial charge in [-0.15, -0.1) is 0 Å². The molecule has 2 rings (SSSR count). The zero-order valence-corrected chi connectivity index (χ0v) is 12.4. The van der Waals surface area contributed by atoms with Crippen molar-refractivity contribution in [1.82, 2.24) is 15.6 Å². The third-order valence-corrected chi connectivity index (χ3v) is 3.57. The van der Waals surface area contributed by atoms with Crippen LogP contribution in [-0.2, 0) is 6.54 Å². The van der Waals surface area contributed by atoms with Gasteiger partial charge in [-0.25, -0.2) is 18.6 Å². The fourth-order valence-electron chi connectivity index (χ4n) is 2.53. The Balaban J connectivity index is 1.85. The Labute approximate surface area is 130 Å². The minimum atomic E-state index is -2.99.